The van der Waals surface area contributed by atoms with Crippen LogP contribution in [0.25, 0.3) is 0 Å². The molecule has 1 aromatic rings. The van der Waals surface area contributed by atoms with Gasteiger partial charge in [-0.15, -0.1) is 0 Å². The molecule has 6 nitrogen and oxygen atoms in total. The minimum absolute atomic E-state index is 0.0983. The van der Waals surface area contributed by atoms with Crippen LogP contribution in [0.15, 0.2) is 10.6 Å². The molecule has 2 rings (SSSR count). The Labute approximate surface area is 105 Å². The maximum atomic E-state index is 12.1. The number of likely N-dealkylation sites (tertiary alicyclic amines) is 1. The maximum absolute atomic E-state index is 12.1. The first-order valence-electron chi connectivity index (χ1n) is 6.02. The first-order chi connectivity index (χ1) is 8.58. The molecule has 0 saturated carbocycles. The Morgan fingerprint density at radius 2 is 2.33 bits per heavy atom. The van der Waals surface area contributed by atoms with Crippen molar-refractivity contribution in [2.24, 2.45) is 0 Å². The molecule has 0 bridgehead atoms. The molecule has 1 aromatic heterocycles. The Morgan fingerprint density at radius 3 is 2.94 bits per heavy atom. The molecule has 0 radical (unpaired) electrons. The summed E-state index contributed by atoms with van der Waals surface area (Å²) in [5.41, 5.74) is 0.548. The molecule has 98 valence electrons. The molecule has 1 aliphatic heterocycles. The van der Waals surface area contributed by atoms with Crippen LogP contribution < -0.4 is 0 Å². The summed E-state index contributed by atoms with van der Waals surface area (Å²) in [5, 5.41) is 12.9. The number of aromatic nitrogens is 1. The molecule has 1 amide bonds. The molecule has 1 atom stereocenters. The number of aryl methyl sites for hydroxylation is 1. The summed E-state index contributed by atoms with van der Waals surface area (Å²) >= 11 is 0. The molecule has 1 aliphatic rings. The summed E-state index contributed by atoms with van der Waals surface area (Å²) in [7, 11) is 0. The third kappa shape index (κ3) is 2.69. The molecule has 2 heterocycles. The van der Waals surface area contributed by atoms with Gasteiger partial charge in [-0.3, -0.25) is 4.79 Å². The van der Waals surface area contributed by atoms with E-state index in [0.717, 1.165) is 12.8 Å². The van der Waals surface area contributed by atoms with Crippen molar-refractivity contribution >= 4 is 11.9 Å². The van der Waals surface area contributed by atoms with Gasteiger partial charge in [0.05, 0.1) is 12.1 Å². The Morgan fingerprint density at radius 1 is 1.56 bits per heavy atom. The predicted molar refractivity (Wildman–Crippen MR) is 61.9 cm³/mol. The van der Waals surface area contributed by atoms with Gasteiger partial charge in [-0.1, -0.05) is 5.16 Å². The quantitative estimate of drug-likeness (QED) is 0.867. The van der Waals surface area contributed by atoms with Gasteiger partial charge in [0, 0.05) is 12.6 Å². The lowest BCUT2D eigenvalue weighted by Gasteiger charge is -2.32. The van der Waals surface area contributed by atoms with E-state index >= 15 is 0 Å². The van der Waals surface area contributed by atoms with Crippen LogP contribution in [-0.4, -0.2) is 39.6 Å². The molecule has 1 fully saturated rings. The average molecular weight is 252 g/mol. The number of carbonyl (C=O) groups is 2. The van der Waals surface area contributed by atoms with E-state index in [-0.39, 0.29) is 12.3 Å². The minimum atomic E-state index is -0.931. The molecule has 6 heteroatoms. The van der Waals surface area contributed by atoms with Crippen molar-refractivity contribution in [3.05, 3.63) is 17.5 Å². The lowest BCUT2D eigenvalue weighted by molar-refractivity contribution is -0.151. The number of amides is 1. The highest BCUT2D eigenvalue weighted by Gasteiger charge is 2.31. The highest BCUT2D eigenvalue weighted by Crippen LogP contribution is 2.18. The fraction of sp³-hybridized carbons (Fsp3) is 0.583. The second-order valence-electron chi connectivity index (χ2n) is 4.54. The van der Waals surface area contributed by atoms with Gasteiger partial charge in [0.1, 0.15) is 11.8 Å². The van der Waals surface area contributed by atoms with Crippen LogP contribution in [0.5, 0.6) is 0 Å². The van der Waals surface area contributed by atoms with E-state index in [9.17, 15) is 9.59 Å². The number of carboxylic acids is 1. The van der Waals surface area contributed by atoms with Crippen LogP contribution in [0.1, 0.15) is 30.7 Å². The lowest BCUT2D eigenvalue weighted by atomic mass is 10.0. The second-order valence-corrected chi connectivity index (χ2v) is 4.54. The largest absolute Gasteiger partial charge is 0.480 e. The molecule has 0 aliphatic carbocycles. The average Bonchev–Trinajstić information content (AvgIpc) is 2.74. The first kappa shape index (κ1) is 12.6. The van der Waals surface area contributed by atoms with Crippen molar-refractivity contribution in [2.75, 3.05) is 6.54 Å². The molecule has 0 spiro atoms. The monoisotopic (exact) mass is 252 g/mol. The van der Waals surface area contributed by atoms with Crippen molar-refractivity contribution in [1.82, 2.24) is 10.1 Å². The van der Waals surface area contributed by atoms with Gasteiger partial charge in [0.15, 0.2) is 0 Å². The van der Waals surface area contributed by atoms with E-state index in [1.54, 1.807) is 13.0 Å². The molecule has 0 aromatic carbocycles. The molecule has 1 saturated heterocycles. The number of hydrogen-bond donors (Lipinski definition) is 1. The minimum Gasteiger partial charge on any atom is -0.480 e. The molecular formula is C12H16N2O4. The topological polar surface area (TPSA) is 83.6 Å². The van der Waals surface area contributed by atoms with Crippen molar-refractivity contribution in [3.8, 4) is 0 Å². The van der Waals surface area contributed by atoms with Gasteiger partial charge in [-0.05, 0) is 26.2 Å². The van der Waals surface area contributed by atoms with Crippen LogP contribution in [0.4, 0.5) is 0 Å². The fourth-order valence-corrected chi connectivity index (χ4v) is 2.24. The summed E-state index contributed by atoms with van der Waals surface area (Å²) < 4.78 is 4.89. The van der Waals surface area contributed by atoms with Gasteiger partial charge in [0.2, 0.25) is 5.91 Å². The second kappa shape index (κ2) is 5.20. The van der Waals surface area contributed by atoms with E-state index in [2.05, 4.69) is 5.16 Å². The Kier molecular flexibility index (Phi) is 3.64. The van der Waals surface area contributed by atoms with Crippen molar-refractivity contribution in [2.45, 2.75) is 38.6 Å². The molecular weight excluding hydrogens is 236 g/mol. The first-order valence-corrected chi connectivity index (χ1v) is 6.02. The van der Waals surface area contributed by atoms with E-state index in [0.29, 0.717) is 24.4 Å². The van der Waals surface area contributed by atoms with Gasteiger partial charge in [0.25, 0.3) is 0 Å². The number of rotatable bonds is 3. The third-order valence-electron chi connectivity index (χ3n) is 3.12. The SMILES string of the molecule is Cc1cc(CC(=O)N2CCCCC2C(=O)O)no1. The highest BCUT2D eigenvalue weighted by molar-refractivity contribution is 5.85. The number of carboxylic acid groups (broad SMARTS) is 1. The van der Waals surface area contributed by atoms with Crippen molar-refractivity contribution < 1.29 is 19.2 Å². The van der Waals surface area contributed by atoms with Crippen LogP contribution in [0, 0.1) is 6.92 Å². The molecule has 1 unspecified atom stereocenters. The standard InChI is InChI=1S/C12H16N2O4/c1-8-6-9(13-18-8)7-11(15)14-5-3-2-4-10(14)12(16)17/h6,10H,2-5,7H2,1H3,(H,16,17). The van der Waals surface area contributed by atoms with E-state index in [4.69, 9.17) is 9.63 Å². The Bertz CT molecular complexity index is 455. The Balaban J connectivity index is 2.04. The zero-order chi connectivity index (χ0) is 13.1. The van der Waals surface area contributed by atoms with E-state index < -0.39 is 12.0 Å². The Hall–Kier alpha value is -1.85. The van der Waals surface area contributed by atoms with Crippen LogP contribution in [0.2, 0.25) is 0 Å². The molecule has 18 heavy (non-hydrogen) atoms. The zero-order valence-corrected chi connectivity index (χ0v) is 10.3. The molecule has 1 N–H and O–H groups in total. The van der Waals surface area contributed by atoms with Crippen molar-refractivity contribution in [1.29, 1.82) is 0 Å². The van der Waals surface area contributed by atoms with Gasteiger partial charge < -0.3 is 14.5 Å². The maximum Gasteiger partial charge on any atom is 0.326 e. The summed E-state index contributed by atoms with van der Waals surface area (Å²) in [5.74, 6) is -0.485. The fourth-order valence-electron chi connectivity index (χ4n) is 2.24. The van der Waals surface area contributed by atoms with Crippen LogP contribution >= 0.6 is 0 Å². The summed E-state index contributed by atoms with van der Waals surface area (Å²) in [4.78, 5) is 24.6. The van der Waals surface area contributed by atoms with Gasteiger partial charge in [-0.2, -0.15) is 0 Å². The zero-order valence-electron chi connectivity index (χ0n) is 10.3. The normalized spacial score (nSPS) is 19.8. The smallest absolute Gasteiger partial charge is 0.326 e. The van der Waals surface area contributed by atoms with Crippen LogP contribution in [-0.2, 0) is 16.0 Å². The van der Waals surface area contributed by atoms with E-state index in [1.165, 1.54) is 4.90 Å². The summed E-state index contributed by atoms with van der Waals surface area (Å²) in [6.07, 6.45) is 2.33. The number of aliphatic carboxylic acids is 1. The number of carbonyl (C=O) groups excluding carboxylic acids is 1. The number of piperidine rings is 1. The van der Waals surface area contributed by atoms with E-state index in [1.807, 2.05) is 0 Å². The predicted octanol–water partition coefficient (Wildman–Crippen LogP) is 0.991. The lowest BCUT2D eigenvalue weighted by Crippen LogP contribution is -2.48. The van der Waals surface area contributed by atoms with Gasteiger partial charge >= 0.3 is 5.97 Å². The summed E-state index contributed by atoms with van der Waals surface area (Å²) in [6, 6.07) is 0.997. The van der Waals surface area contributed by atoms with Gasteiger partial charge in [-0.25, -0.2) is 4.79 Å². The highest BCUT2D eigenvalue weighted by atomic mass is 16.5. The number of nitrogens with zero attached hydrogens (tertiary/aromatic N) is 2. The summed E-state index contributed by atoms with van der Waals surface area (Å²) in [6.45, 7) is 2.26. The van der Waals surface area contributed by atoms with Crippen molar-refractivity contribution in [3.63, 3.8) is 0 Å². The van der Waals surface area contributed by atoms with Crippen LogP contribution in [0.3, 0.4) is 0 Å². The number of hydrogen-bond acceptors (Lipinski definition) is 4. The third-order valence-corrected chi connectivity index (χ3v) is 3.12.